The molecule has 5 nitrogen and oxygen atoms in total. The fourth-order valence-corrected chi connectivity index (χ4v) is 2.74. The number of hydrogen-bond acceptors (Lipinski definition) is 3. The number of hydrogen-bond donors (Lipinski definition) is 1. The van der Waals surface area contributed by atoms with Crippen LogP contribution in [0.4, 0.5) is 0 Å². The Morgan fingerprint density at radius 3 is 3.00 bits per heavy atom. The monoisotopic (exact) mass is 253 g/mol. The average Bonchev–Trinajstić information content (AvgIpc) is 2.76. The summed E-state index contributed by atoms with van der Waals surface area (Å²) in [6.07, 6.45) is 3.00. The Kier molecular flexibility index (Phi) is 4.22. The minimum Gasteiger partial charge on any atom is -0.339 e. The van der Waals surface area contributed by atoms with Crippen molar-refractivity contribution in [1.29, 1.82) is 0 Å². The van der Waals surface area contributed by atoms with Crippen molar-refractivity contribution < 1.29 is 9.59 Å². The van der Waals surface area contributed by atoms with Crippen LogP contribution in [0.15, 0.2) is 0 Å². The van der Waals surface area contributed by atoms with Crippen LogP contribution in [0.5, 0.6) is 0 Å². The maximum Gasteiger partial charge on any atom is 0.223 e. The molecular formula is C13H23N3O2. The SMILES string of the molecule is CC(CN)CCC(=O)N1CCN2C(=O)CCC2C1. The van der Waals surface area contributed by atoms with Gasteiger partial charge in [0.05, 0.1) is 0 Å². The Balaban J connectivity index is 1.80. The first kappa shape index (κ1) is 13.3. The van der Waals surface area contributed by atoms with E-state index in [1.54, 1.807) is 0 Å². The van der Waals surface area contributed by atoms with Crippen LogP contribution in [0.3, 0.4) is 0 Å². The highest BCUT2D eigenvalue weighted by Gasteiger charge is 2.36. The van der Waals surface area contributed by atoms with Gasteiger partial charge in [0.25, 0.3) is 0 Å². The van der Waals surface area contributed by atoms with Gasteiger partial charge in [-0.1, -0.05) is 6.92 Å². The summed E-state index contributed by atoms with van der Waals surface area (Å²) < 4.78 is 0. The molecule has 0 saturated carbocycles. The van der Waals surface area contributed by atoms with Gasteiger partial charge in [-0.25, -0.2) is 0 Å². The lowest BCUT2D eigenvalue weighted by Gasteiger charge is -2.37. The summed E-state index contributed by atoms with van der Waals surface area (Å²) in [5.74, 6) is 0.876. The standard InChI is InChI=1S/C13H23N3O2/c1-10(8-14)2-4-12(17)15-6-7-16-11(9-15)3-5-13(16)18/h10-11H,2-9,14H2,1H3. The normalized spacial score (nSPS) is 25.2. The Labute approximate surface area is 108 Å². The first-order chi connectivity index (χ1) is 8.61. The lowest BCUT2D eigenvalue weighted by molar-refractivity contribution is -0.139. The predicted molar refractivity (Wildman–Crippen MR) is 68.8 cm³/mol. The zero-order chi connectivity index (χ0) is 13.1. The number of fused-ring (bicyclic) bond motifs is 1. The van der Waals surface area contributed by atoms with Crippen molar-refractivity contribution >= 4 is 11.8 Å². The van der Waals surface area contributed by atoms with Crippen LogP contribution in [0, 0.1) is 5.92 Å². The molecular weight excluding hydrogens is 230 g/mol. The number of nitrogens with two attached hydrogens (primary N) is 1. The minimum atomic E-state index is 0.217. The molecule has 0 aliphatic carbocycles. The molecule has 2 atom stereocenters. The highest BCUT2D eigenvalue weighted by Crippen LogP contribution is 2.23. The smallest absolute Gasteiger partial charge is 0.223 e. The van der Waals surface area contributed by atoms with Crippen molar-refractivity contribution in [3.63, 3.8) is 0 Å². The summed E-state index contributed by atoms with van der Waals surface area (Å²) in [6, 6.07) is 0.266. The molecule has 0 spiro atoms. The van der Waals surface area contributed by atoms with Crippen molar-refractivity contribution in [3.05, 3.63) is 0 Å². The Morgan fingerprint density at radius 2 is 2.28 bits per heavy atom. The van der Waals surface area contributed by atoms with Gasteiger partial charge in [0, 0.05) is 38.5 Å². The maximum atomic E-state index is 12.1. The van der Waals surface area contributed by atoms with Crippen LogP contribution >= 0.6 is 0 Å². The number of piperazine rings is 1. The van der Waals surface area contributed by atoms with E-state index in [0.717, 1.165) is 19.4 Å². The molecule has 2 fully saturated rings. The van der Waals surface area contributed by atoms with Crippen molar-refractivity contribution in [2.24, 2.45) is 11.7 Å². The molecule has 2 saturated heterocycles. The molecule has 0 radical (unpaired) electrons. The van der Waals surface area contributed by atoms with Gasteiger partial charge < -0.3 is 15.5 Å². The van der Waals surface area contributed by atoms with Crippen molar-refractivity contribution in [2.45, 2.75) is 38.6 Å². The van der Waals surface area contributed by atoms with Gasteiger partial charge in [-0.3, -0.25) is 9.59 Å². The van der Waals surface area contributed by atoms with E-state index in [2.05, 4.69) is 6.92 Å². The molecule has 18 heavy (non-hydrogen) atoms. The quantitative estimate of drug-likeness (QED) is 0.778. The lowest BCUT2D eigenvalue weighted by Crippen LogP contribution is -2.53. The molecule has 2 N–H and O–H groups in total. The second-order valence-corrected chi connectivity index (χ2v) is 5.50. The Hall–Kier alpha value is -1.10. The second-order valence-electron chi connectivity index (χ2n) is 5.50. The molecule has 2 heterocycles. The lowest BCUT2D eigenvalue weighted by atomic mass is 10.0. The number of rotatable bonds is 4. The molecule has 2 unspecified atom stereocenters. The largest absolute Gasteiger partial charge is 0.339 e. The molecule has 0 bridgehead atoms. The minimum absolute atomic E-state index is 0.217. The van der Waals surface area contributed by atoms with E-state index in [-0.39, 0.29) is 17.9 Å². The van der Waals surface area contributed by atoms with E-state index in [9.17, 15) is 9.59 Å². The second kappa shape index (κ2) is 5.69. The van der Waals surface area contributed by atoms with Gasteiger partial charge in [-0.15, -0.1) is 0 Å². The van der Waals surface area contributed by atoms with Crippen molar-refractivity contribution in [2.75, 3.05) is 26.2 Å². The third kappa shape index (κ3) is 2.83. The van der Waals surface area contributed by atoms with Gasteiger partial charge in [0.1, 0.15) is 0 Å². The first-order valence-corrected chi connectivity index (χ1v) is 6.89. The van der Waals surface area contributed by atoms with Gasteiger partial charge in [-0.2, -0.15) is 0 Å². The molecule has 0 aromatic rings. The Bertz CT molecular complexity index is 332. The van der Waals surface area contributed by atoms with Gasteiger partial charge >= 0.3 is 0 Å². The molecule has 2 amide bonds. The summed E-state index contributed by atoms with van der Waals surface area (Å²) in [5.41, 5.74) is 5.55. The van der Waals surface area contributed by atoms with Crippen LogP contribution in [-0.4, -0.2) is 53.8 Å². The molecule has 0 aromatic heterocycles. The fraction of sp³-hybridized carbons (Fsp3) is 0.846. The predicted octanol–water partition coefficient (Wildman–Crippen LogP) is 0.195. The number of carbonyl (C=O) groups excluding carboxylic acids is 2. The molecule has 0 aromatic carbocycles. The molecule has 5 heteroatoms. The van der Waals surface area contributed by atoms with Crippen molar-refractivity contribution in [3.8, 4) is 0 Å². The van der Waals surface area contributed by atoms with Gasteiger partial charge in [-0.05, 0) is 25.3 Å². The molecule has 2 aliphatic heterocycles. The van der Waals surface area contributed by atoms with Gasteiger partial charge in [0.2, 0.25) is 11.8 Å². The first-order valence-electron chi connectivity index (χ1n) is 6.89. The Morgan fingerprint density at radius 1 is 1.50 bits per heavy atom. The molecule has 102 valence electrons. The number of nitrogens with zero attached hydrogens (tertiary/aromatic N) is 2. The van der Waals surface area contributed by atoms with E-state index in [4.69, 9.17) is 5.73 Å². The van der Waals surface area contributed by atoms with E-state index in [1.165, 1.54) is 0 Å². The zero-order valence-electron chi connectivity index (χ0n) is 11.1. The third-order valence-corrected chi connectivity index (χ3v) is 4.10. The number of amides is 2. The van der Waals surface area contributed by atoms with Crippen LogP contribution in [0.1, 0.15) is 32.6 Å². The van der Waals surface area contributed by atoms with E-state index < -0.39 is 0 Å². The maximum absolute atomic E-state index is 12.1. The summed E-state index contributed by atoms with van der Waals surface area (Å²) in [4.78, 5) is 27.5. The molecule has 2 rings (SSSR count). The zero-order valence-corrected chi connectivity index (χ0v) is 11.1. The van der Waals surface area contributed by atoms with E-state index >= 15 is 0 Å². The highest BCUT2D eigenvalue weighted by atomic mass is 16.2. The summed E-state index contributed by atoms with van der Waals surface area (Å²) >= 11 is 0. The molecule has 2 aliphatic rings. The summed E-state index contributed by atoms with van der Waals surface area (Å²) in [7, 11) is 0. The van der Waals surface area contributed by atoms with Crippen LogP contribution < -0.4 is 5.73 Å². The number of carbonyl (C=O) groups is 2. The topological polar surface area (TPSA) is 66.6 Å². The van der Waals surface area contributed by atoms with Crippen LogP contribution in [-0.2, 0) is 9.59 Å². The van der Waals surface area contributed by atoms with Crippen LogP contribution in [0.2, 0.25) is 0 Å². The highest BCUT2D eigenvalue weighted by molar-refractivity contribution is 5.80. The van der Waals surface area contributed by atoms with Gasteiger partial charge in [0.15, 0.2) is 0 Å². The summed E-state index contributed by atoms with van der Waals surface area (Å²) in [5, 5.41) is 0. The van der Waals surface area contributed by atoms with E-state index in [1.807, 2.05) is 9.80 Å². The van der Waals surface area contributed by atoms with Crippen LogP contribution in [0.25, 0.3) is 0 Å². The van der Waals surface area contributed by atoms with Crippen molar-refractivity contribution in [1.82, 2.24) is 9.80 Å². The third-order valence-electron chi connectivity index (χ3n) is 4.10. The summed E-state index contributed by atoms with van der Waals surface area (Å²) in [6.45, 7) is 4.83. The fourth-order valence-electron chi connectivity index (χ4n) is 2.74. The van der Waals surface area contributed by atoms with E-state index in [0.29, 0.717) is 38.4 Å². The average molecular weight is 253 g/mol.